The molecule has 4 N–H and O–H groups in total. The zero-order valence-electron chi connectivity index (χ0n) is 12.1. The first-order chi connectivity index (χ1) is 9.54. The van der Waals surface area contributed by atoms with Gasteiger partial charge < -0.3 is 21.1 Å². The standard InChI is InChI=1S/C15H23N3O2/c1-10(11-3-4-11)18(7-8-20-2)14-9-12(16)5-6-13(14)15(17)19/h5-6,9-11H,3-4,7-8,16H2,1-2H3,(H2,17,19). The van der Waals surface area contributed by atoms with Crippen molar-refractivity contribution in [3.63, 3.8) is 0 Å². The van der Waals surface area contributed by atoms with Crippen molar-refractivity contribution in [2.24, 2.45) is 11.7 Å². The Kier molecular flexibility index (Phi) is 4.49. The molecule has 1 aliphatic rings. The Labute approximate surface area is 119 Å². The summed E-state index contributed by atoms with van der Waals surface area (Å²) in [6.07, 6.45) is 2.47. The number of rotatable bonds is 7. The Morgan fingerprint density at radius 2 is 2.20 bits per heavy atom. The number of hydrogen-bond donors (Lipinski definition) is 2. The molecule has 1 aromatic carbocycles. The van der Waals surface area contributed by atoms with E-state index in [2.05, 4.69) is 11.8 Å². The van der Waals surface area contributed by atoms with Gasteiger partial charge in [0.1, 0.15) is 0 Å². The number of nitrogen functional groups attached to an aromatic ring is 1. The van der Waals surface area contributed by atoms with Gasteiger partial charge in [-0.1, -0.05) is 0 Å². The molecule has 0 aromatic heterocycles. The number of primary amides is 1. The maximum Gasteiger partial charge on any atom is 0.250 e. The normalized spacial score (nSPS) is 15.9. The van der Waals surface area contributed by atoms with Crippen LogP contribution in [0.25, 0.3) is 0 Å². The first kappa shape index (κ1) is 14.7. The van der Waals surface area contributed by atoms with Gasteiger partial charge in [0.15, 0.2) is 0 Å². The maximum absolute atomic E-state index is 11.6. The Hall–Kier alpha value is -1.75. The van der Waals surface area contributed by atoms with E-state index in [0.717, 1.165) is 12.2 Å². The fourth-order valence-electron chi connectivity index (χ4n) is 2.56. The van der Waals surface area contributed by atoms with Crippen molar-refractivity contribution in [3.05, 3.63) is 23.8 Å². The molecule has 5 nitrogen and oxygen atoms in total. The number of anilines is 2. The molecular formula is C15H23N3O2. The van der Waals surface area contributed by atoms with Crippen LogP contribution in [0.2, 0.25) is 0 Å². The molecule has 1 aromatic rings. The number of nitrogens with two attached hydrogens (primary N) is 2. The van der Waals surface area contributed by atoms with Gasteiger partial charge in [0.05, 0.1) is 17.9 Å². The number of hydrogen-bond acceptors (Lipinski definition) is 4. The minimum Gasteiger partial charge on any atom is -0.399 e. The molecule has 110 valence electrons. The number of ether oxygens (including phenoxy) is 1. The molecule has 1 fully saturated rings. The molecule has 0 aliphatic heterocycles. The first-order valence-electron chi connectivity index (χ1n) is 6.99. The minimum absolute atomic E-state index is 0.352. The van der Waals surface area contributed by atoms with Crippen molar-refractivity contribution in [3.8, 4) is 0 Å². The van der Waals surface area contributed by atoms with E-state index < -0.39 is 5.91 Å². The Morgan fingerprint density at radius 3 is 2.75 bits per heavy atom. The van der Waals surface area contributed by atoms with Gasteiger partial charge in [-0.25, -0.2) is 0 Å². The van der Waals surface area contributed by atoms with Crippen molar-refractivity contribution < 1.29 is 9.53 Å². The molecule has 5 heteroatoms. The lowest BCUT2D eigenvalue weighted by atomic mass is 10.1. The van der Waals surface area contributed by atoms with Crippen LogP contribution in [0.5, 0.6) is 0 Å². The molecule has 0 radical (unpaired) electrons. The number of nitrogens with zero attached hydrogens (tertiary/aromatic N) is 1. The van der Waals surface area contributed by atoms with Crippen molar-refractivity contribution in [1.82, 2.24) is 0 Å². The van der Waals surface area contributed by atoms with Gasteiger partial charge in [0.25, 0.3) is 5.91 Å². The molecule has 1 atom stereocenters. The van der Waals surface area contributed by atoms with Crippen LogP contribution >= 0.6 is 0 Å². The lowest BCUT2D eigenvalue weighted by Gasteiger charge is -2.32. The summed E-state index contributed by atoms with van der Waals surface area (Å²) in [5.41, 5.74) is 13.3. The third-order valence-electron chi connectivity index (χ3n) is 3.93. The smallest absolute Gasteiger partial charge is 0.250 e. The van der Waals surface area contributed by atoms with Gasteiger partial charge in [-0.3, -0.25) is 4.79 Å². The van der Waals surface area contributed by atoms with Gasteiger partial charge in [-0.05, 0) is 43.9 Å². The van der Waals surface area contributed by atoms with Gasteiger partial charge in [0.2, 0.25) is 0 Å². The zero-order valence-corrected chi connectivity index (χ0v) is 12.1. The molecule has 0 spiro atoms. The third-order valence-corrected chi connectivity index (χ3v) is 3.93. The summed E-state index contributed by atoms with van der Waals surface area (Å²) in [4.78, 5) is 13.8. The van der Waals surface area contributed by atoms with Gasteiger partial charge in [0, 0.05) is 25.4 Å². The largest absolute Gasteiger partial charge is 0.399 e. The van der Waals surface area contributed by atoms with E-state index in [9.17, 15) is 4.79 Å². The van der Waals surface area contributed by atoms with Crippen LogP contribution < -0.4 is 16.4 Å². The number of amides is 1. The van der Waals surface area contributed by atoms with E-state index >= 15 is 0 Å². The monoisotopic (exact) mass is 277 g/mol. The number of carbonyl (C=O) groups excluding carboxylic acids is 1. The van der Waals surface area contributed by atoms with Gasteiger partial charge >= 0.3 is 0 Å². The van der Waals surface area contributed by atoms with Crippen molar-refractivity contribution in [1.29, 1.82) is 0 Å². The number of benzene rings is 1. The Bertz CT molecular complexity index is 486. The molecule has 0 bridgehead atoms. The summed E-state index contributed by atoms with van der Waals surface area (Å²) in [7, 11) is 1.67. The van der Waals surface area contributed by atoms with E-state index in [4.69, 9.17) is 16.2 Å². The average molecular weight is 277 g/mol. The lowest BCUT2D eigenvalue weighted by molar-refractivity contribution is 0.100. The van der Waals surface area contributed by atoms with Crippen LogP contribution in [0.3, 0.4) is 0 Å². The summed E-state index contributed by atoms with van der Waals surface area (Å²) in [6, 6.07) is 5.59. The quantitative estimate of drug-likeness (QED) is 0.742. The Balaban J connectivity index is 2.35. The van der Waals surface area contributed by atoms with Crippen molar-refractivity contribution in [2.45, 2.75) is 25.8 Å². The summed E-state index contributed by atoms with van der Waals surface area (Å²) >= 11 is 0. The topological polar surface area (TPSA) is 81.6 Å². The molecule has 1 amide bonds. The summed E-state index contributed by atoms with van der Waals surface area (Å²) in [5, 5.41) is 0. The average Bonchev–Trinajstić information content (AvgIpc) is 3.23. The predicted octanol–water partition coefficient (Wildman–Crippen LogP) is 1.62. The molecular weight excluding hydrogens is 254 g/mol. The fraction of sp³-hybridized carbons (Fsp3) is 0.533. The highest BCUT2D eigenvalue weighted by Gasteiger charge is 2.33. The number of carbonyl (C=O) groups is 1. The van der Waals surface area contributed by atoms with E-state index in [1.807, 2.05) is 6.07 Å². The van der Waals surface area contributed by atoms with Crippen LogP contribution in [0.15, 0.2) is 18.2 Å². The van der Waals surface area contributed by atoms with Crippen LogP contribution in [-0.2, 0) is 4.74 Å². The zero-order chi connectivity index (χ0) is 14.7. The van der Waals surface area contributed by atoms with E-state index in [0.29, 0.717) is 29.8 Å². The van der Waals surface area contributed by atoms with E-state index in [1.165, 1.54) is 12.8 Å². The second-order valence-corrected chi connectivity index (χ2v) is 5.41. The molecule has 1 saturated carbocycles. The first-order valence-corrected chi connectivity index (χ1v) is 6.99. The summed E-state index contributed by atoms with van der Waals surface area (Å²) < 4.78 is 5.19. The summed E-state index contributed by atoms with van der Waals surface area (Å²) in [6.45, 7) is 3.50. The summed E-state index contributed by atoms with van der Waals surface area (Å²) in [5.74, 6) is 0.249. The van der Waals surface area contributed by atoms with Crippen LogP contribution in [0.4, 0.5) is 11.4 Å². The van der Waals surface area contributed by atoms with Crippen LogP contribution in [-0.4, -0.2) is 32.2 Å². The van der Waals surface area contributed by atoms with Crippen LogP contribution in [0, 0.1) is 5.92 Å². The highest BCUT2D eigenvalue weighted by Crippen LogP contribution is 2.38. The Morgan fingerprint density at radius 1 is 1.50 bits per heavy atom. The van der Waals surface area contributed by atoms with E-state index in [1.54, 1.807) is 19.2 Å². The minimum atomic E-state index is -0.426. The maximum atomic E-state index is 11.6. The fourth-order valence-corrected chi connectivity index (χ4v) is 2.56. The second kappa shape index (κ2) is 6.13. The lowest BCUT2D eigenvalue weighted by Crippen LogP contribution is -2.38. The predicted molar refractivity (Wildman–Crippen MR) is 80.8 cm³/mol. The molecule has 2 rings (SSSR count). The highest BCUT2D eigenvalue weighted by atomic mass is 16.5. The number of methoxy groups -OCH3 is 1. The van der Waals surface area contributed by atoms with Gasteiger partial charge in [-0.15, -0.1) is 0 Å². The van der Waals surface area contributed by atoms with Crippen molar-refractivity contribution in [2.75, 3.05) is 30.9 Å². The van der Waals surface area contributed by atoms with Crippen molar-refractivity contribution >= 4 is 17.3 Å². The molecule has 0 saturated heterocycles. The molecule has 1 aliphatic carbocycles. The van der Waals surface area contributed by atoms with Crippen LogP contribution in [0.1, 0.15) is 30.1 Å². The van der Waals surface area contributed by atoms with Gasteiger partial charge in [-0.2, -0.15) is 0 Å². The SMILES string of the molecule is COCCN(c1cc(N)ccc1C(N)=O)C(C)C1CC1. The third kappa shape index (κ3) is 3.22. The highest BCUT2D eigenvalue weighted by molar-refractivity contribution is 5.99. The second-order valence-electron chi connectivity index (χ2n) is 5.41. The van der Waals surface area contributed by atoms with E-state index in [-0.39, 0.29) is 0 Å². The molecule has 20 heavy (non-hydrogen) atoms. The molecule has 0 heterocycles. The molecule has 1 unspecified atom stereocenters.